The number of hydrogen-bond acceptors (Lipinski definition) is 4. The average Bonchev–Trinajstić information content (AvgIpc) is 2.43. The van der Waals surface area contributed by atoms with Gasteiger partial charge in [0.15, 0.2) is 0 Å². The highest BCUT2D eigenvalue weighted by Gasteiger charge is 2.20. The van der Waals surface area contributed by atoms with Crippen LogP contribution in [0.2, 0.25) is 0 Å². The third-order valence-corrected chi connectivity index (χ3v) is 3.56. The van der Waals surface area contributed by atoms with E-state index in [1.165, 1.54) is 11.1 Å². The smallest absolute Gasteiger partial charge is 0.122 e. The zero-order valence-electron chi connectivity index (χ0n) is 12.3. The van der Waals surface area contributed by atoms with Crippen LogP contribution < -0.4 is 10.5 Å². The second kappa shape index (κ2) is 7.07. The van der Waals surface area contributed by atoms with Crippen molar-refractivity contribution in [3.63, 3.8) is 0 Å². The summed E-state index contributed by atoms with van der Waals surface area (Å²) in [6.07, 6.45) is 2.63. The minimum Gasteiger partial charge on any atom is -0.491 e. The molecular weight excluding hydrogens is 254 g/mol. The van der Waals surface area contributed by atoms with Crippen molar-refractivity contribution in [3.8, 4) is 5.75 Å². The van der Waals surface area contributed by atoms with Crippen molar-refractivity contribution in [2.45, 2.75) is 51.4 Å². The lowest BCUT2D eigenvalue weighted by Crippen LogP contribution is -2.26. The van der Waals surface area contributed by atoms with Gasteiger partial charge in [-0.2, -0.15) is 0 Å². The molecule has 0 amide bonds. The Balaban J connectivity index is 1.95. The third kappa shape index (κ3) is 3.95. The van der Waals surface area contributed by atoms with Crippen molar-refractivity contribution in [1.82, 2.24) is 0 Å². The van der Waals surface area contributed by atoms with Gasteiger partial charge in [-0.05, 0) is 50.3 Å². The van der Waals surface area contributed by atoms with Crippen molar-refractivity contribution in [2.24, 2.45) is 5.73 Å². The summed E-state index contributed by atoms with van der Waals surface area (Å²) in [6, 6.07) is 6.10. The molecule has 2 rings (SSSR count). The van der Waals surface area contributed by atoms with Crippen molar-refractivity contribution < 1.29 is 14.6 Å². The molecule has 20 heavy (non-hydrogen) atoms. The predicted molar refractivity (Wildman–Crippen MR) is 78.9 cm³/mol. The highest BCUT2D eigenvalue weighted by Crippen LogP contribution is 2.34. The number of benzene rings is 1. The first-order chi connectivity index (χ1) is 9.58. The second-order valence-electron chi connectivity index (χ2n) is 5.67. The van der Waals surface area contributed by atoms with Gasteiger partial charge in [0.2, 0.25) is 0 Å². The molecule has 0 heterocycles. The summed E-state index contributed by atoms with van der Waals surface area (Å²) in [4.78, 5) is 0. The van der Waals surface area contributed by atoms with Gasteiger partial charge in [0.1, 0.15) is 18.5 Å². The van der Waals surface area contributed by atoms with Crippen LogP contribution in [-0.2, 0) is 11.2 Å². The molecule has 112 valence electrons. The first-order valence-corrected chi connectivity index (χ1v) is 7.37. The Morgan fingerprint density at radius 2 is 2.15 bits per heavy atom. The summed E-state index contributed by atoms with van der Waals surface area (Å²) in [5.74, 6) is 0.848. The van der Waals surface area contributed by atoms with Gasteiger partial charge in [-0.15, -0.1) is 0 Å². The van der Waals surface area contributed by atoms with Crippen LogP contribution in [0.4, 0.5) is 0 Å². The molecule has 0 saturated heterocycles. The van der Waals surface area contributed by atoms with Gasteiger partial charge in [0.25, 0.3) is 0 Å². The zero-order valence-corrected chi connectivity index (χ0v) is 12.3. The molecule has 3 N–H and O–H groups in total. The first kappa shape index (κ1) is 15.3. The van der Waals surface area contributed by atoms with E-state index in [1.807, 2.05) is 26.0 Å². The number of ether oxygens (including phenoxy) is 2. The van der Waals surface area contributed by atoms with Crippen molar-refractivity contribution in [2.75, 3.05) is 13.2 Å². The van der Waals surface area contributed by atoms with E-state index in [-0.39, 0.29) is 18.8 Å². The van der Waals surface area contributed by atoms with E-state index in [0.29, 0.717) is 6.61 Å². The van der Waals surface area contributed by atoms with Crippen LogP contribution in [0.15, 0.2) is 18.2 Å². The lowest BCUT2D eigenvalue weighted by Gasteiger charge is -2.25. The minimum absolute atomic E-state index is 0.108. The molecule has 0 aliphatic heterocycles. The summed E-state index contributed by atoms with van der Waals surface area (Å²) in [7, 11) is 0. The molecule has 1 aliphatic carbocycles. The summed E-state index contributed by atoms with van der Waals surface area (Å²) < 4.78 is 11.1. The second-order valence-corrected chi connectivity index (χ2v) is 5.67. The molecule has 0 radical (unpaired) electrons. The van der Waals surface area contributed by atoms with Crippen molar-refractivity contribution >= 4 is 0 Å². The van der Waals surface area contributed by atoms with Crippen LogP contribution in [0.3, 0.4) is 0 Å². The molecule has 4 nitrogen and oxygen atoms in total. The summed E-state index contributed by atoms with van der Waals surface area (Å²) in [5.41, 5.74) is 8.51. The molecule has 0 fully saturated rings. The van der Waals surface area contributed by atoms with Gasteiger partial charge in [-0.25, -0.2) is 0 Å². The SMILES string of the molecule is CC(C)OCC(O)COc1cccc2c1CCCC2N. The van der Waals surface area contributed by atoms with E-state index in [1.54, 1.807) is 0 Å². The predicted octanol–water partition coefficient (Wildman–Crippen LogP) is 2.19. The fraction of sp³-hybridized carbons (Fsp3) is 0.625. The zero-order chi connectivity index (χ0) is 14.5. The van der Waals surface area contributed by atoms with E-state index in [9.17, 15) is 5.11 Å². The van der Waals surface area contributed by atoms with Gasteiger partial charge in [0.05, 0.1) is 12.7 Å². The molecular formula is C16H25NO3. The maximum Gasteiger partial charge on any atom is 0.122 e. The van der Waals surface area contributed by atoms with E-state index in [4.69, 9.17) is 15.2 Å². The monoisotopic (exact) mass is 279 g/mol. The van der Waals surface area contributed by atoms with Crippen molar-refractivity contribution in [3.05, 3.63) is 29.3 Å². The van der Waals surface area contributed by atoms with Gasteiger partial charge in [-0.3, -0.25) is 0 Å². The van der Waals surface area contributed by atoms with Crippen molar-refractivity contribution in [1.29, 1.82) is 0 Å². The number of aliphatic hydroxyl groups is 1. The quantitative estimate of drug-likeness (QED) is 0.838. The molecule has 0 bridgehead atoms. The lowest BCUT2D eigenvalue weighted by molar-refractivity contribution is -0.0124. The van der Waals surface area contributed by atoms with Gasteiger partial charge >= 0.3 is 0 Å². The minimum atomic E-state index is -0.606. The fourth-order valence-electron chi connectivity index (χ4n) is 2.52. The topological polar surface area (TPSA) is 64.7 Å². The summed E-state index contributed by atoms with van der Waals surface area (Å²) in [5, 5.41) is 9.84. The standard InChI is InChI=1S/C16H25NO3/c1-11(2)19-9-12(18)10-20-16-8-4-5-13-14(16)6-3-7-15(13)17/h4-5,8,11-12,15,18H,3,6-7,9-10,17H2,1-2H3. The van der Waals surface area contributed by atoms with Crippen LogP contribution in [-0.4, -0.2) is 30.5 Å². The van der Waals surface area contributed by atoms with E-state index >= 15 is 0 Å². The van der Waals surface area contributed by atoms with Crippen LogP contribution in [0, 0.1) is 0 Å². The number of nitrogens with two attached hydrogens (primary N) is 1. The number of aliphatic hydroxyl groups excluding tert-OH is 1. The first-order valence-electron chi connectivity index (χ1n) is 7.37. The van der Waals surface area contributed by atoms with Gasteiger partial charge in [-0.1, -0.05) is 12.1 Å². The number of fused-ring (bicyclic) bond motifs is 1. The third-order valence-electron chi connectivity index (χ3n) is 3.56. The molecule has 2 unspecified atom stereocenters. The molecule has 1 aliphatic rings. The number of hydrogen-bond donors (Lipinski definition) is 2. The normalized spacial score (nSPS) is 19.8. The highest BCUT2D eigenvalue weighted by molar-refractivity contribution is 5.43. The Morgan fingerprint density at radius 1 is 1.35 bits per heavy atom. The number of rotatable bonds is 6. The largest absolute Gasteiger partial charge is 0.491 e. The van der Waals surface area contributed by atoms with E-state index in [2.05, 4.69) is 6.07 Å². The molecule has 1 aromatic rings. The van der Waals surface area contributed by atoms with Gasteiger partial charge < -0.3 is 20.3 Å². The molecule has 0 spiro atoms. The summed E-state index contributed by atoms with van der Waals surface area (Å²) in [6.45, 7) is 4.44. The Morgan fingerprint density at radius 3 is 2.90 bits per heavy atom. The molecule has 0 aromatic heterocycles. The molecule has 4 heteroatoms. The Labute approximate surface area is 120 Å². The maximum atomic E-state index is 9.84. The average molecular weight is 279 g/mol. The molecule has 2 atom stereocenters. The van der Waals surface area contributed by atoms with Crippen LogP contribution in [0.25, 0.3) is 0 Å². The highest BCUT2D eigenvalue weighted by atomic mass is 16.5. The van der Waals surface area contributed by atoms with E-state index in [0.717, 1.165) is 25.0 Å². The lowest BCUT2D eigenvalue weighted by atomic mass is 9.87. The maximum absolute atomic E-state index is 9.84. The van der Waals surface area contributed by atoms with Crippen LogP contribution in [0.1, 0.15) is 43.9 Å². The fourth-order valence-corrected chi connectivity index (χ4v) is 2.52. The molecule has 1 aromatic carbocycles. The summed E-state index contributed by atoms with van der Waals surface area (Å²) >= 11 is 0. The Kier molecular flexibility index (Phi) is 5.40. The van der Waals surface area contributed by atoms with Crippen LogP contribution >= 0.6 is 0 Å². The Hall–Kier alpha value is -1.10. The Bertz CT molecular complexity index is 434. The van der Waals surface area contributed by atoms with Gasteiger partial charge in [0, 0.05) is 6.04 Å². The van der Waals surface area contributed by atoms with E-state index < -0.39 is 6.10 Å². The van der Waals surface area contributed by atoms with Crippen LogP contribution in [0.5, 0.6) is 5.75 Å². The molecule has 0 saturated carbocycles.